The summed E-state index contributed by atoms with van der Waals surface area (Å²) in [6, 6.07) is 14.6. The summed E-state index contributed by atoms with van der Waals surface area (Å²) in [5.74, 6) is 1.09. The molecule has 0 aliphatic carbocycles. The van der Waals surface area contributed by atoms with Gasteiger partial charge in [-0.15, -0.1) is 0 Å². The maximum absolute atomic E-state index is 11.9. The molecule has 2 aromatic carbocycles. The number of carbonyl (C=O) groups excluding carboxylic acids is 2. The van der Waals surface area contributed by atoms with Crippen LogP contribution < -0.4 is 19.5 Å². The number of rotatable bonds is 8. The van der Waals surface area contributed by atoms with E-state index >= 15 is 0 Å². The number of hydrogen-bond acceptors (Lipinski definition) is 6. The smallest absolute Gasteiger partial charge is 0.331 e. The van der Waals surface area contributed by atoms with E-state index in [-0.39, 0.29) is 19.3 Å². The Kier molecular flexibility index (Phi) is 7.10. The fourth-order valence-electron chi connectivity index (χ4n) is 2.63. The lowest BCUT2D eigenvalue weighted by Gasteiger charge is -2.26. The minimum atomic E-state index is -0.597. The molecule has 0 fully saturated rings. The van der Waals surface area contributed by atoms with Gasteiger partial charge in [0.2, 0.25) is 0 Å². The lowest BCUT2D eigenvalue weighted by molar-refractivity contribution is -0.143. The fourth-order valence-corrected chi connectivity index (χ4v) is 2.63. The quantitative estimate of drug-likeness (QED) is 0.545. The number of nitrogens with one attached hydrogen (secondary N) is 1. The van der Waals surface area contributed by atoms with Crippen LogP contribution in [0.25, 0.3) is 6.08 Å². The zero-order valence-electron chi connectivity index (χ0n) is 16.1. The van der Waals surface area contributed by atoms with Gasteiger partial charge in [-0.05, 0) is 42.8 Å². The zero-order valence-corrected chi connectivity index (χ0v) is 16.1. The van der Waals surface area contributed by atoms with Gasteiger partial charge >= 0.3 is 5.97 Å². The number of para-hydroxylation sites is 2. The van der Waals surface area contributed by atoms with Crippen molar-refractivity contribution in [3.05, 3.63) is 60.2 Å². The Balaban J connectivity index is 1.36. The van der Waals surface area contributed by atoms with Crippen LogP contribution in [0.3, 0.4) is 0 Å². The van der Waals surface area contributed by atoms with Crippen molar-refractivity contribution < 1.29 is 28.5 Å². The molecule has 7 nitrogen and oxygen atoms in total. The van der Waals surface area contributed by atoms with E-state index in [4.69, 9.17) is 18.9 Å². The van der Waals surface area contributed by atoms with E-state index < -0.39 is 11.9 Å². The molecule has 1 heterocycles. The summed E-state index contributed by atoms with van der Waals surface area (Å²) in [6.45, 7) is 2.73. The average Bonchev–Trinajstić information content (AvgIpc) is 2.76. The minimum absolute atomic E-state index is 0.257. The van der Waals surface area contributed by atoms with Gasteiger partial charge in [-0.1, -0.05) is 24.3 Å². The number of fused-ring (bicyclic) bond motifs is 1. The molecule has 1 aliphatic heterocycles. The van der Waals surface area contributed by atoms with Crippen LogP contribution in [-0.4, -0.2) is 44.3 Å². The average molecular weight is 397 g/mol. The number of esters is 1. The third-order valence-electron chi connectivity index (χ3n) is 4.04. The van der Waals surface area contributed by atoms with Crippen LogP contribution in [0, 0.1) is 0 Å². The highest BCUT2D eigenvalue weighted by Gasteiger charge is 2.21. The van der Waals surface area contributed by atoms with Crippen LogP contribution in [0.4, 0.5) is 0 Å². The summed E-state index contributed by atoms with van der Waals surface area (Å²) in [6.07, 6.45) is 2.59. The second-order valence-corrected chi connectivity index (χ2v) is 6.24. The van der Waals surface area contributed by atoms with Gasteiger partial charge in [0, 0.05) is 6.08 Å². The molecule has 1 amide bonds. The van der Waals surface area contributed by atoms with Crippen LogP contribution in [0.2, 0.25) is 0 Å². The molecule has 0 radical (unpaired) electrons. The van der Waals surface area contributed by atoms with E-state index in [1.54, 1.807) is 6.08 Å². The molecule has 2 aromatic rings. The number of ether oxygens (including phenoxy) is 4. The van der Waals surface area contributed by atoms with Crippen molar-refractivity contribution in [2.75, 3.05) is 26.4 Å². The summed E-state index contributed by atoms with van der Waals surface area (Å²) in [5.41, 5.74) is 0.824. The second-order valence-electron chi connectivity index (χ2n) is 6.24. The molecule has 7 heteroatoms. The highest BCUT2D eigenvalue weighted by atomic mass is 16.6. The van der Waals surface area contributed by atoms with E-state index in [1.165, 1.54) is 6.08 Å². The Morgan fingerprint density at radius 3 is 2.66 bits per heavy atom. The standard InChI is InChI=1S/C22H23NO6/c1-2-26-17-10-7-16(8-11-17)9-12-22(25)28-15-21(24)23-13-18-14-27-19-5-3-4-6-20(19)29-18/h3-12,18H,2,13-15H2,1H3,(H,23,24)/b12-9+/t18-/m1/s1. The van der Waals surface area contributed by atoms with Crippen LogP contribution in [0.5, 0.6) is 17.2 Å². The third kappa shape index (κ3) is 6.27. The molecular weight excluding hydrogens is 374 g/mol. The first-order chi connectivity index (χ1) is 14.1. The van der Waals surface area contributed by atoms with Crippen molar-refractivity contribution in [2.24, 2.45) is 0 Å². The molecule has 0 bridgehead atoms. The van der Waals surface area contributed by atoms with Crippen LogP contribution in [-0.2, 0) is 14.3 Å². The molecule has 1 atom stereocenters. The molecule has 29 heavy (non-hydrogen) atoms. The van der Waals surface area contributed by atoms with Crippen LogP contribution in [0.1, 0.15) is 12.5 Å². The summed E-state index contributed by atoms with van der Waals surface area (Å²) >= 11 is 0. The summed E-state index contributed by atoms with van der Waals surface area (Å²) in [4.78, 5) is 23.7. The number of carbonyl (C=O) groups is 2. The van der Waals surface area contributed by atoms with Crippen molar-refractivity contribution >= 4 is 18.0 Å². The van der Waals surface area contributed by atoms with Gasteiger partial charge in [0.05, 0.1) is 13.2 Å². The predicted molar refractivity (Wildman–Crippen MR) is 107 cm³/mol. The number of amides is 1. The maximum atomic E-state index is 11.9. The molecule has 0 aromatic heterocycles. The highest BCUT2D eigenvalue weighted by molar-refractivity contribution is 5.89. The highest BCUT2D eigenvalue weighted by Crippen LogP contribution is 2.30. The number of hydrogen-bond donors (Lipinski definition) is 1. The number of benzene rings is 2. The van der Waals surface area contributed by atoms with Crippen molar-refractivity contribution in [3.8, 4) is 17.2 Å². The van der Waals surface area contributed by atoms with Gasteiger partial charge in [0.15, 0.2) is 18.1 Å². The van der Waals surface area contributed by atoms with E-state index in [0.717, 1.165) is 11.3 Å². The first kappa shape index (κ1) is 20.3. The van der Waals surface area contributed by atoms with E-state index in [0.29, 0.717) is 24.7 Å². The van der Waals surface area contributed by atoms with Crippen LogP contribution in [0.15, 0.2) is 54.6 Å². The summed E-state index contributed by atoms with van der Waals surface area (Å²) in [5, 5.41) is 2.67. The van der Waals surface area contributed by atoms with Crippen molar-refractivity contribution in [2.45, 2.75) is 13.0 Å². The normalized spacial score (nSPS) is 15.0. The fraction of sp³-hybridized carbons (Fsp3) is 0.273. The lowest BCUT2D eigenvalue weighted by Crippen LogP contribution is -2.42. The molecule has 1 N–H and O–H groups in total. The maximum Gasteiger partial charge on any atom is 0.331 e. The monoisotopic (exact) mass is 397 g/mol. The van der Waals surface area contributed by atoms with Crippen LogP contribution >= 0.6 is 0 Å². The Hall–Kier alpha value is -3.48. The predicted octanol–water partition coefficient (Wildman–Crippen LogP) is 2.60. The van der Waals surface area contributed by atoms with Gasteiger partial charge < -0.3 is 24.3 Å². The molecule has 0 saturated heterocycles. The Morgan fingerprint density at radius 1 is 1.14 bits per heavy atom. The topological polar surface area (TPSA) is 83.1 Å². The van der Waals surface area contributed by atoms with Crippen molar-refractivity contribution in [1.29, 1.82) is 0 Å². The van der Waals surface area contributed by atoms with Gasteiger partial charge in [-0.3, -0.25) is 4.79 Å². The third-order valence-corrected chi connectivity index (χ3v) is 4.04. The van der Waals surface area contributed by atoms with Gasteiger partial charge in [0.25, 0.3) is 5.91 Å². The Labute approximate surface area is 169 Å². The molecule has 152 valence electrons. The molecule has 3 rings (SSSR count). The molecule has 0 saturated carbocycles. The Morgan fingerprint density at radius 2 is 1.90 bits per heavy atom. The van der Waals surface area contributed by atoms with Gasteiger partial charge in [-0.2, -0.15) is 0 Å². The summed E-state index contributed by atoms with van der Waals surface area (Å²) < 4.78 is 21.6. The summed E-state index contributed by atoms with van der Waals surface area (Å²) in [7, 11) is 0. The Bertz CT molecular complexity index is 862. The first-order valence-corrected chi connectivity index (χ1v) is 9.37. The SMILES string of the molecule is CCOc1ccc(/C=C/C(=O)OCC(=O)NC[C@@H]2COc3ccccc3O2)cc1. The minimum Gasteiger partial charge on any atom is -0.494 e. The second kappa shape index (κ2) is 10.2. The first-order valence-electron chi connectivity index (χ1n) is 9.37. The van der Waals surface area contributed by atoms with Gasteiger partial charge in [0.1, 0.15) is 18.5 Å². The van der Waals surface area contributed by atoms with E-state index in [1.807, 2.05) is 55.5 Å². The van der Waals surface area contributed by atoms with E-state index in [2.05, 4.69) is 5.32 Å². The molecule has 0 unspecified atom stereocenters. The van der Waals surface area contributed by atoms with Gasteiger partial charge in [-0.25, -0.2) is 4.79 Å². The molecule has 1 aliphatic rings. The van der Waals surface area contributed by atoms with Crippen molar-refractivity contribution in [1.82, 2.24) is 5.32 Å². The zero-order chi connectivity index (χ0) is 20.5. The largest absolute Gasteiger partial charge is 0.494 e. The van der Waals surface area contributed by atoms with Crippen molar-refractivity contribution in [3.63, 3.8) is 0 Å². The molecular formula is C22H23NO6. The molecule has 0 spiro atoms. The van der Waals surface area contributed by atoms with E-state index in [9.17, 15) is 9.59 Å². The lowest BCUT2D eigenvalue weighted by atomic mass is 10.2.